The van der Waals surface area contributed by atoms with Gasteiger partial charge in [-0.05, 0) is 55.9 Å². The van der Waals surface area contributed by atoms with Gasteiger partial charge in [0.2, 0.25) is 5.91 Å². The van der Waals surface area contributed by atoms with Gasteiger partial charge in [-0.25, -0.2) is 0 Å². The van der Waals surface area contributed by atoms with E-state index in [9.17, 15) is 4.79 Å². The molecule has 144 valence electrons. The summed E-state index contributed by atoms with van der Waals surface area (Å²) < 4.78 is 1.94. The number of para-hydroxylation sites is 1. The van der Waals surface area contributed by atoms with Crippen LogP contribution in [0, 0.1) is 6.92 Å². The number of aryl methyl sites for hydroxylation is 2. The van der Waals surface area contributed by atoms with Gasteiger partial charge in [-0.3, -0.25) is 9.36 Å². The molecule has 0 unspecified atom stereocenters. The molecule has 0 saturated heterocycles. The predicted molar refractivity (Wildman–Crippen MR) is 112 cm³/mol. The number of fused-ring (bicyclic) bond motifs is 1. The molecule has 0 saturated carbocycles. The maximum atomic E-state index is 12.9. The van der Waals surface area contributed by atoms with Crippen LogP contribution in [-0.2, 0) is 11.2 Å². The van der Waals surface area contributed by atoms with Crippen LogP contribution >= 0.6 is 11.8 Å². The molecule has 5 nitrogen and oxygen atoms in total. The van der Waals surface area contributed by atoms with Gasteiger partial charge in [0.1, 0.15) is 6.33 Å². The molecule has 2 atom stereocenters. The van der Waals surface area contributed by atoms with Crippen LogP contribution in [0.15, 0.2) is 60.0 Å². The first-order valence-electron chi connectivity index (χ1n) is 9.64. The lowest BCUT2D eigenvalue weighted by Gasteiger charge is -2.27. The van der Waals surface area contributed by atoms with Crippen LogP contribution in [-0.4, -0.2) is 25.9 Å². The molecule has 1 aliphatic carbocycles. The minimum atomic E-state index is -0.263. The quantitative estimate of drug-likeness (QED) is 0.660. The van der Waals surface area contributed by atoms with Gasteiger partial charge in [0, 0.05) is 0 Å². The second kappa shape index (κ2) is 8.19. The molecule has 1 aromatic heterocycles. The average molecular weight is 393 g/mol. The van der Waals surface area contributed by atoms with Crippen LogP contribution in [0.5, 0.6) is 0 Å². The molecule has 1 heterocycles. The summed E-state index contributed by atoms with van der Waals surface area (Å²) in [6.07, 6.45) is 4.88. The molecule has 2 aromatic carbocycles. The van der Waals surface area contributed by atoms with Crippen molar-refractivity contribution >= 4 is 17.7 Å². The average Bonchev–Trinajstić information content (AvgIpc) is 3.16. The van der Waals surface area contributed by atoms with E-state index in [1.54, 1.807) is 6.33 Å². The summed E-state index contributed by atoms with van der Waals surface area (Å²) >= 11 is 1.44. The summed E-state index contributed by atoms with van der Waals surface area (Å²) in [4.78, 5) is 12.9. The third-order valence-electron chi connectivity index (χ3n) is 5.23. The lowest BCUT2D eigenvalue weighted by Crippen LogP contribution is -2.36. The normalized spacial score (nSPS) is 17.0. The van der Waals surface area contributed by atoms with Crippen LogP contribution in [0.1, 0.15) is 42.5 Å². The van der Waals surface area contributed by atoms with Gasteiger partial charge < -0.3 is 5.32 Å². The lowest BCUT2D eigenvalue weighted by atomic mass is 9.88. The Morgan fingerprint density at radius 1 is 1.21 bits per heavy atom. The monoisotopic (exact) mass is 392 g/mol. The highest BCUT2D eigenvalue weighted by atomic mass is 32.2. The number of hydrogen-bond donors (Lipinski definition) is 1. The summed E-state index contributed by atoms with van der Waals surface area (Å²) in [5.41, 5.74) is 4.77. The van der Waals surface area contributed by atoms with E-state index in [1.807, 2.05) is 35.8 Å². The van der Waals surface area contributed by atoms with Crippen LogP contribution in [0.25, 0.3) is 5.69 Å². The Bertz CT molecular complexity index is 984. The first-order valence-corrected chi connectivity index (χ1v) is 10.5. The molecule has 6 heteroatoms. The second-order valence-electron chi connectivity index (χ2n) is 7.18. The first-order chi connectivity index (χ1) is 13.6. The molecule has 0 radical (unpaired) electrons. The fourth-order valence-electron chi connectivity index (χ4n) is 3.71. The minimum absolute atomic E-state index is 0.0334. The number of hydrogen-bond acceptors (Lipinski definition) is 4. The Morgan fingerprint density at radius 3 is 2.86 bits per heavy atom. The Kier molecular flexibility index (Phi) is 5.48. The van der Waals surface area contributed by atoms with Crippen LogP contribution in [0.3, 0.4) is 0 Å². The number of benzene rings is 2. The Labute approximate surface area is 169 Å². The number of carbonyl (C=O) groups is 1. The molecule has 1 N–H and O–H groups in total. The van der Waals surface area contributed by atoms with E-state index < -0.39 is 0 Å². The Hall–Kier alpha value is -2.60. The largest absolute Gasteiger partial charge is 0.348 e. The lowest BCUT2D eigenvalue weighted by molar-refractivity contribution is -0.121. The van der Waals surface area contributed by atoms with Crippen molar-refractivity contribution in [1.29, 1.82) is 0 Å². The van der Waals surface area contributed by atoms with E-state index in [0.29, 0.717) is 0 Å². The van der Waals surface area contributed by atoms with Gasteiger partial charge in [-0.15, -0.1) is 10.2 Å². The maximum Gasteiger partial charge on any atom is 0.233 e. The number of thioether (sulfide) groups is 1. The fourth-order valence-corrected chi connectivity index (χ4v) is 4.55. The van der Waals surface area contributed by atoms with Crippen molar-refractivity contribution in [2.75, 3.05) is 0 Å². The molecular formula is C22H24N4OS. The number of nitrogens with one attached hydrogen (secondary N) is 1. The molecular weight excluding hydrogens is 368 g/mol. The number of amides is 1. The van der Waals surface area contributed by atoms with Crippen molar-refractivity contribution in [3.63, 3.8) is 0 Å². The zero-order valence-corrected chi connectivity index (χ0v) is 16.9. The summed E-state index contributed by atoms with van der Waals surface area (Å²) in [6, 6.07) is 16.6. The van der Waals surface area contributed by atoms with Gasteiger partial charge in [0.05, 0.1) is 17.0 Å². The van der Waals surface area contributed by atoms with E-state index in [1.165, 1.54) is 22.9 Å². The number of carbonyl (C=O) groups excluding carboxylic acids is 1. The summed E-state index contributed by atoms with van der Waals surface area (Å²) in [5.74, 6) is 0.0334. The second-order valence-corrected chi connectivity index (χ2v) is 8.49. The van der Waals surface area contributed by atoms with Gasteiger partial charge >= 0.3 is 0 Å². The number of nitrogens with zero attached hydrogens (tertiary/aromatic N) is 3. The minimum Gasteiger partial charge on any atom is -0.348 e. The molecule has 3 aromatic rings. The van der Waals surface area contributed by atoms with Crippen LogP contribution < -0.4 is 5.32 Å². The van der Waals surface area contributed by atoms with Gasteiger partial charge in [0.25, 0.3) is 0 Å². The zero-order valence-electron chi connectivity index (χ0n) is 16.1. The van der Waals surface area contributed by atoms with Crippen molar-refractivity contribution in [3.8, 4) is 5.69 Å². The van der Waals surface area contributed by atoms with E-state index >= 15 is 0 Å². The SMILES string of the molecule is Cc1ccccc1-n1cnnc1S[C@H](C)C(=O)N[C@H]1CCCc2ccccc21. The third-order valence-corrected chi connectivity index (χ3v) is 6.29. The molecule has 1 aliphatic rings. The highest BCUT2D eigenvalue weighted by Crippen LogP contribution is 2.31. The highest BCUT2D eigenvalue weighted by molar-refractivity contribution is 8.00. The highest BCUT2D eigenvalue weighted by Gasteiger charge is 2.25. The molecule has 4 rings (SSSR count). The van der Waals surface area contributed by atoms with E-state index in [2.05, 4.69) is 46.7 Å². The van der Waals surface area contributed by atoms with Crippen molar-refractivity contribution in [3.05, 3.63) is 71.5 Å². The molecule has 0 fully saturated rings. The van der Waals surface area contributed by atoms with E-state index in [4.69, 9.17) is 0 Å². The van der Waals surface area contributed by atoms with Crippen molar-refractivity contribution < 1.29 is 4.79 Å². The van der Waals surface area contributed by atoms with Gasteiger partial charge in [0.15, 0.2) is 5.16 Å². The van der Waals surface area contributed by atoms with Crippen molar-refractivity contribution in [1.82, 2.24) is 20.1 Å². The summed E-state index contributed by atoms with van der Waals surface area (Å²) in [5, 5.41) is 12.0. The maximum absolute atomic E-state index is 12.9. The third kappa shape index (κ3) is 3.83. The van der Waals surface area contributed by atoms with Crippen molar-refractivity contribution in [2.24, 2.45) is 0 Å². The zero-order chi connectivity index (χ0) is 19.5. The summed E-state index contributed by atoms with van der Waals surface area (Å²) in [6.45, 7) is 3.98. The standard InChI is InChI=1S/C22H24N4OS/c1-15-8-3-6-13-20(15)26-14-23-25-22(26)28-16(2)21(27)24-19-12-7-10-17-9-4-5-11-18(17)19/h3-6,8-9,11,13-14,16,19H,7,10,12H2,1-2H3,(H,24,27)/t16-,19+/m1/s1. The molecule has 0 bridgehead atoms. The topological polar surface area (TPSA) is 59.8 Å². The summed E-state index contributed by atoms with van der Waals surface area (Å²) in [7, 11) is 0. The van der Waals surface area contributed by atoms with Gasteiger partial charge in [-0.2, -0.15) is 0 Å². The fraction of sp³-hybridized carbons (Fsp3) is 0.318. The van der Waals surface area contributed by atoms with Crippen LogP contribution in [0.4, 0.5) is 0 Å². The van der Waals surface area contributed by atoms with E-state index in [0.717, 1.165) is 35.7 Å². The smallest absolute Gasteiger partial charge is 0.233 e. The molecule has 28 heavy (non-hydrogen) atoms. The van der Waals surface area contributed by atoms with E-state index in [-0.39, 0.29) is 17.2 Å². The molecule has 0 spiro atoms. The Balaban J connectivity index is 1.47. The number of rotatable bonds is 5. The number of aromatic nitrogens is 3. The van der Waals surface area contributed by atoms with Crippen molar-refractivity contribution in [2.45, 2.75) is 49.6 Å². The van der Waals surface area contributed by atoms with Crippen LogP contribution in [0.2, 0.25) is 0 Å². The molecule has 0 aliphatic heterocycles. The Morgan fingerprint density at radius 2 is 2.00 bits per heavy atom. The first kappa shape index (κ1) is 18.7. The van der Waals surface area contributed by atoms with Gasteiger partial charge in [-0.1, -0.05) is 54.2 Å². The molecule has 1 amide bonds. The predicted octanol–water partition coefficient (Wildman–Crippen LogP) is 4.25.